The van der Waals surface area contributed by atoms with Gasteiger partial charge < -0.3 is 10.3 Å². The number of hydrogen-bond donors (Lipinski definition) is 1. The van der Waals surface area contributed by atoms with Gasteiger partial charge in [-0.3, -0.25) is 0 Å². The van der Waals surface area contributed by atoms with Gasteiger partial charge in [0.05, 0.1) is 0 Å². The largest absolute Gasteiger partial charge is 0.377 e. The summed E-state index contributed by atoms with van der Waals surface area (Å²) in [5.41, 5.74) is 6.02. The van der Waals surface area contributed by atoms with Crippen LogP contribution in [-0.2, 0) is 5.41 Å². The van der Waals surface area contributed by atoms with Crippen molar-refractivity contribution in [3.8, 4) is 0 Å². The van der Waals surface area contributed by atoms with Crippen LogP contribution in [0.15, 0.2) is 30.4 Å². The molecule has 0 bridgehead atoms. The molecule has 0 fully saturated rings. The van der Waals surface area contributed by atoms with Crippen LogP contribution in [-0.4, -0.2) is 20.3 Å². The number of rotatable bonds is 3. The maximum absolute atomic E-state index is 7.92. The van der Waals surface area contributed by atoms with Crippen LogP contribution in [0.4, 0.5) is 5.69 Å². The van der Waals surface area contributed by atoms with Crippen LogP contribution in [0, 0.1) is 5.41 Å². The number of nitrogens with zero attached hydrogens (tertiary/aromatic N) is 1. The molecule has 0 amide bonds. The van der Waals surface area contributed by atoms with Crippen molar-refractivity contribution in [2.75, 3.05) is 19.0 Å². The Hall–Kier alpha value is -1.83. The van der Waals surface area contributed by atoms with Crippen LogP contribution in [0.1, 0.15) is 43.9 Å². The zero-order valence-corrected chi connectivity index (χ0v) is 13.1. The van der Waals surface area contributed by atoms with Gasteiger partial charge in [-0.25, -0.2) is 0 Å². The van der Waals surface area contributed by atoms with Crippen LogP contribution in [0.2, 0.25) is 0 Å². The quantitative estimate of drug-likeness (QED) is 0.809. The van der Waals surface area contributed by atoms with Crippen molar-refractivity contribution in [3.63, 3.8) is 0 Å². The number of anilines is 1. The van der Waals surface area contributed by atoms with Gasteiger partial charge in [-0.15, -0.1) is 0 Å². The number of allylic oxidation sites excluding steroid dienone is 4. The highest BCUT2D eigenvalue weighted by atomic mass is 15.1. The lowest BCUT2D eigenvalue weighted by Crippen LogP contribution is -2.22. The Kier molecular flexibility index (Phi) is 3.85. The predicted molar refractivity (Wildman–Crippen MR) is 89.1 cm³/mol. The van der Waals surface area contributed by atoms with Crippen LogP contribution < -0.4 is 4.90 Å². The van der Waals surface area contributed by atoms with E-state index < -0.39 is 0 Å². The first-order valence-electron chi connectivity index (χ1n) is 7.07. The van der Waals surface area contributed by atoms with Crippen molar-refractivity contribution in [2.45, 2.75) is 32.6 Å². The Bertz CT molecular complexity index is 584. The highest BCUT2D eigenvalue weighted by Crippen LogP contribution is 2.38. The molecular formula is C18H24N2. The average molecular weight is 268 g/mol. The number of nitrogens with one attached hydrogen (secondary N) is 1. The fraction of sp³-hybridized carbons (Fsp3) is 0.389. The van der Waals surface area contributed by atoms with E-state index in [0.717, 1.165) is 12.0 Å². The third-order valence-corrected chi connectivity index (χ3v) is 3.72. The average Bonchev–Trinajstić information content (AvgIpc) is 2.89. The summed E-state index contributed by atoms with van der Waals surface area (Å²) in [6.07, 6.45) is 8.90. The maximum atomic E-state index is 7.92. The number of hydrogen-bond acceptors (Lipinski definition) is 2. The third kappa shape index (κ3) is 2.55. The first kappa shape index (κ1) is 14.6. The first-order chi connectivity index (χ1) is 9.36. The highest BCUT2D eigenvalue weighted by Gasteiger charge is 2.25. The molecule has 1 aliphatic rings. The van der Waals surface area contributed by atoms with E-state index in [1.807, 2.05) is 0 Å². The molecule has 1 N–H and O–H groups in total. The smallest absolute Gasteiger partial charge is 0.0405 e. The Labute approximate surface area is 122 Å². The molecule has 1 aliphatic carbocycles. The fourth-order valence-electron chi connectivity index (χ4n) is 2.85. The van der Waals surface area contributed by atoms with Crippen LogP contribution in [0.3, 0.4) is 0 Å². The standard InChI is InChI=1S/C18H24N2/c1-18(2,3)17-15(12-19)14(13-8-6-7-9-13)10-11-16(17)20(4)5/h6-8,10-12,19H,9H2,1-5H3. The Morgan fingerprint density at radius 2 is 1.90 bits per heavy atom. The van der Waals surface area contributed by atoms with E-state index in [1.165, 1.54) is 28.6 Å². The van der Waals surface area contributed by atoms with Crippen molar-refractivity contribution < 1.29 is 0 Å². The summed E-state index contributed by atoms with van der Waals surface area (Å²) < 4.78 is 0. The van der Waals surface area contributed by atoms with Crippen molar-refractivity contribution in [3.05, 3.63) is 47.1 Å². The monoisotopic (exact) mass is 268 g/mol. The van der Waals surface area contributed by atoms with Gasteiger partial charge in [-0.05, 0) is 34.6 Å². The molecule has 0 radical (unpaired) electrons. The third-order valence-electron chi connectivity index (χ3n) is 3.72. The topological polar surface area (TPSA) is 27.1 Å². The first-order valence-corrected chi connectivity index (χ1v) is 7.07. The molecule has 0 atom stereocenters. The fourth-order valence-corrected chi connectivity index (χ4v) is 2.85. The van der Waals surface area contributed by atoms with E-state index >= 15 is 0 Å². The molecule has 1 aromatic carbocycles. The zero-order chi connectivity index (χ0) is 14.9. The molecule has 0 unspecified atom stereocenters. The minimum Gasteiger partial charge on any atom is -0.377 e. The van der Waals surface area contributed by atoms with E-state index in [2.05, 4.69) is 70.1 Å². The summed E-state index contributed by atoms with van der Waals surface area (Å²) >= 11 is 0. The molecule has 0 saturated carbocycles. The molecule has 20 heavy (non-hydrogen) atoms. The second kappa shape index (κ2) is 5.28. The van der Waals surface area contributed by atoms with Gasteiger partial charge in [0, 0.05) is 31.6 Å². The lowest BCUT2D eigenvalue weighted by atomic mass is 9.79. The van der Waals surface area contributed by atoms with E-state index in [0.29, 0.717) is 0 Å². The van der Waals surface area contributed by atoms with Crippen molar-refractivity contribution in [2.24, 2.45) is 0 Å². The van der Waals surface area contributed by atoms with Gasteiger partial charge in [0.25, 0.3) is 0 Å². The van der Waals surface area contributed by atoms with E-state index in [4.69, 9.17) is 5.41 Å². The molecule has 2 rings (SSSR count). The van der Waals surface area contributed by atoms with Crippen molar-refractivity contribution in [1.82, 2.24) is 0 Å². The molecule has 0 saturated heterocycles. The highest BCUT2D eigenvalue weighted by molar-refractivity contribution is 5.92. The van der Waals surface area contributed by atoms with Gasteiger partial charge in [0.1, 0.15) is 0 Å². The Morgan fingerprint density at radius 1 is 1.20 bits per heavy atom. The molecular weight excluding hydrogens is 244 g/mol. The molecule has 0 aliphatic heterocycles. The van der Waals surface area contributed by atoms with Crippen LogP contribution in [0.5, 0.6) is 0 Å². The lowest BCUT2D eigenvalue weighted by molar-refractivity contribution is 0.588. The van der Waals surface area contributed by atoms with Gasteiger partial charge in [-0.2, -0.15) is 0 Å². The predicted octanol–water partition coefficient (Wildman–Crippen LogP) is 4.39. The molecule has 2 nitrogen and oxygen atoms in total. The van der Waals surface area contributed by atoms with Gasteiger partial charge in [-0.1, -0.05) is 45.1 Å². The summed E-state index contributed by atoms with van der Waals surface area (Å²) in [6.45, 7) is 6.65. The molecule has 1 aromatic rings. The second-order valence-corrected chi connectivity index (χ2v) is 6.53. The minimum absolute atomic E-state index is 0.00902. The summed E-state index contributed by atoms with van der Waals surface area (Å²) in [6, 6.07) is 4.34. The molecule has 0 heterocycles. The second-order valence-electron chi connectivity index (χ2n) is 6.53. The van der Waals surface area contributed by atoms with Crippen LogP contribution in [0.25, 0.3) is 5.57 Å². The molecule has 2 heteroatoms. The normalized spacial score (nSPS) is 14.3. The molecule has 0 aromatic heterocycles. The summed E-state index contributed by atoms with van der Waals surface area (Å²) in [4.78, 5) is 2.14. The van der Waals surface area contributed by atoms with Crippen molar-refractivity contribution >= 4 is 17.5 Å². The number of benzene rings is 1. The van der Waals surface area contributed by atoms with E-state index in [-0.39, 0.29) is 5.41 Å². The molecule has 106 valence electrons. The Balaban J connectivity index is 2.72. The van der Waals surface area contributed by atoms with Gasteiger partial charge in [0.2, 0.25) is 0 Å². The van der Waals surface area contributed by atoms with E-state index in [9.17, 15) is 0 Å². The van der Waals surface area contributed by atoms with Gasteiger partial charge in [0.15, 0.2) is 0 Å². The zero-order valence-electron chi connectivity index (χ0n) is 13.1. The van der Waals surface area contributed by atoms with Gasteiger partial charge >= 0.3 is 0 Å². The van der Waals surface area contributed by atoms with Crippen LogP contribution >= 0.6 is 0 Å². The Morgan fingerprint density at radius 3 is 2.35 bits per heavy atom. The minimum atomic E-state index is 0.00902. The van der Waals surface area contributed by atoms with E-state index in [1.54, 1.807) is 0 Å². The molecule has 0 spiro atoms. The summed E-state index contributed by atoms with van der Waals surface area (Å²) in [5.74, 6) is 0. The SMILES string of the molecule is CN(C)c1ccc(C2=CC=CC2)c(C=N)c1C(C)(C)C. The maximum Gasteiger partial charge on any atom is 0.0405 e. The van der Waals surface area contributed by atoms with Crippen molar-refractivity contribution in [1.29, 1.82) is 5.41 Å². The summed E-state index contributed by atoms with van der Waals surface area (Å²) in [7, 11) is 4.13. The lowest BCUT2D eigenvalue weighted by Gasteiger charge is -2.30. The summed E-state index contributed by atoms with van der Waals surface area (Å²) in [5, 5.41) is 7.92.